The van der Waals surface area contributed by atoms with Crippen LogP contribution < -0.4 is 14.2 Å². The van der Waals surface area contributed by atoms with Gasteiger partial charge in [-0.2, -0.15) is 0 Å². The summed E-state index contributed by atoms with van der Waals surface area (Å²) < 4.78 is 21.8. The molecule has 1 N–H and O–H groups in total. The van der Waals surface area contributed by atoms with Gasteiger partial charge in [-0.1, -0.05) is 20.8 Å². The molecule has 3 atom stereocenters. The molecule has 0 spiro atoms. The maximum atomic E-state index is 12.7. The van der Waals surface area contributed by atoms with Crippen molar-refractivity contribution in [2.45, 2.75) is 46.3 Å². The first-order chi connectivity index (χ1) is 15.2. The molecule has 174 valence electrons. The van der Waals surface area contributed by atoms with Gasteiger partial charge in [-0.15, -0.1) is 0 Å². The van der Waals surface area contributed by atoms with Gasteiger partial charge in [0.05, 0.1) is 20.1 Å². The molecule has 1 aromatic heterocycles. The Balaban J connectivity index is 2.02. The van der Waals surface area contributed by atoms with Crippen LogP contribution in [-0.2, 0) is 9.53 Å². The minimum Gasteiger partial charge on any atom is -0.503 e. The van der Waals surface area contributed by atoms with Crippen LogP contribution >= 0.6 is 0 Å². The summed E-state index contributed by atoms with van der Waals surface area (Å²) >= 11 is 0. The van der Waals surface area contributed by atoms with Gasteiger partial charge < -0.3 is 24.1 Å². The van der Waals surface area contributed by atoms with E-state index < -0.39 is 29.9 Å². The van der Waals surface area contributed by atoms with Gasteiger partial charge in [0.2, 0.25) is 0 Å². The van der Waals surface area contributed by atoms with Gasteiger partial charge in [-0.25, -0.2) is 4.98 Å². The third kappa shape index (κ3) is 6.35. The first kappa shape index (κ1) is 25.0. The molecule has 8 nitrogen and oxygen atoms in total. The molecular weight excluding hydrogens is 414 g/mol. The lowest BCUT2D eigenvalue weighted by Crippen LogP contribution is -2.39. The normalized spacial score (nSPS) is 13.7. The first-order valence-electron chi connectivity index (χ1n) is 10.4. The molecule has 0 radical (unpaired) electrons. The average molecular weight is 446 g/mol. The smallest absolute Gasteiger partial charge is 0.309 e. The summed E-state index contributed by atoms with van der Waals surface area (Å²) in [5, 5.41) is 10.1. The summed E-state index contributed by atoms with van der Waals surface area (Å²) in [7, 11) is 2.97. The van der Waals surface area contributed by atoms with Crippen molar-refractivity contribution in [3.8, 4) is 23.0 Å². The molecule has 2 rings (SSSR count). The SMILES string of the molecule is COc1ccc(O[C@@H](C)[C@@H](OC(=O)[C@H](C)CC(=O)c2nccc(OC)c2O)C(C)C)cc1. The van der Waals surface area contributed by atoms with Gasteiger partial charge in [0.25, 0.3) is 0 Å². The zero-order valence-electron chi connectivity index (χ0n) is 19.3. The first-order valence-corrected chi connectivity index (χ1v) is 10.4. The zero-order chi connectivity index (χ0) is 23.8. The molecule has 0 saturated heterocycles. The number of benzene rings is 1. The van der Waals surface area contributed by atoms with Crippen LogP contribution in [0.1, 0.15) is 44.6 Å². The number of aromatic nitrogens is 1. The van der Waals surface area contributed by atoms with Gasteiger partial charge in [0.1, 0.15) is 23.7 Å². The van der Waals surface area contributed by atoms with Gasteiger partial charge in [0, 0.05) is 18.7 Å². The van der Waals surface area contributed by atoms with Crippen molar-refractivity contribution in [1.29, 1.82) is 0 Å². The van der Waals surface area contributed by atoms with Crippen molar-refractivity contribution in [2.24, 2.45) is 11.8 Å². The summed E-state index contributed by atoms with van der Waals surface area (Å²) in [6.07, 6.45) is 0.261. The average Bonchev–Trinajstić information content (AvgIpc) is 2.77. The number of hydrogen-bond acceptors (Lipinski definition) is 8. The van der Waals surface area contributed by atoms with Crippen LogP contribution in [0.15, 0.2) is 36.5 Å². The van der Waals surface area contributed by atoms with Crippen molar-refractivity contribution >= 4 is 11.8 Å². The number of esters is 1. The summed E-state index contributed by atoms with van der Waals surface area (Å²) in [4.78, 5) is 29.2. The summed E-state index contributed by atoms with van der Waals surface area (Å²) in [5.74, 6) is -0.609. The molecule has 0 saturated carbocycles. The highest BCUT2D eigenvalue weighted by Gasteiger charge is 2.30. The fourth-order valence-corrected chi connectivity index (χ4v) is 3.22. The van der Waals surface area contributed by atoms with E-state index in [0.717, 1.165) is 0 Å². The number of rotatable bonds is 11. The lowest BCUT2D eigenvalue weighted by Gasteiger charge is -2.29. The Hall–Kier alpha value is -3.29. The van der Waals surface area contributed by atoms with Gasteiger partial charge in [0.15, 0.2) is 23.0 Å². The number of Topliss-reactive ketones (excluding diaryl/α,β-unsaturated/α-hetero) is 1. The van der Waals surface area contributed by atoms with Crippen LogP contribution in [0.25, 0.3) is 0 Å². The largest absolute Gasteiger partial charge is 0.503 e. The van der Waals surface area contributed by atoms with E-state index in [1.54, 1.807) is 38.3 Å². The van der Waals surface area contributed by atoms with Crippen LogP contribution in [0.5, 0.6) is 23.0 Å². The zero-order valence-corrected chi connectivity index (χ0v) is 19.3. The number of ether oxygens (including phenoxy) is 4. The second kappa shape index (κ2) is 11.4. The molecular formula is C24H31NO7. The fourth-order valence-electron chi connectivity index (χ4n) is 3.22. The third-order valence-corrected chi connectivity index (χ3v) is 5.02. The number of carbonyl (C=O) groups is 2. The molecule has 0 aliphatic rings. The Kier molecular flexibility index (Phi) is 8.87. The van der Waals surface area contributed by atoms with Crippen molar-refractivity contribution in [1.82, 2.24) is 4.98 Å². The molecule has 0 aliphatic heterocycles. The molecule has 1 heterocycles. The van der Waals surface area contributed by atoms with Crippen molar-refractivity contribution in [2.75, 3.05) is 14.2 Å². The lowest BCUT2D eigenvalue weighted by molar-refractivity contribution is -0.161. The van der Waals surface area contributed by atoms with Crippen LogP contribution in [0.3, 0.4) is 0 Å². The molecule has 8 heteroatoms. The highest BCUT2D eigenvalue weighted by Crippen LogP contribution is 2.29. The van der Waals surface area contributed by atoms with Crippen LogP contribution in [0.2, 0.25) is 0 Å². The van der Waals surface area contributed by atoms with E-state index in [0.29, 0.717) is 11.5 Å². The number of methoxy groups -OCH3 is 2. The number of ketones is 1. The Labute approximate surface area is 188 Å². The molecule has 1 aromatic carbocycles. The van der Waals surface area contributed by atoms with E-state index in [4.69, 9.17) is 18.9 Å². The predicted octanol–water partition coefficient (Wildman–Crippen LogP) is 4.05. The predicted molar refractivity (Wildman–Crippen MR) is 118 cm³/mol. The van der Waals surface area contributed by atoms with E-state index in [-0.39, 0.29) is 29.5 Å². The standard InChI is InChI=1S/C24H31NO7/c1-14(2)23(16(4)31-18-9-7-17(29-5)8-10-18)32-24(28)15(3)13-19(26)21-22(27)20(30-6)11-12-25-21/h7-12,14-16,23,27H,13H2,1-6H3/t15-,16+,23+/m1/s1. The minimum absolute atomic E-state index is 0.0146. The van der Waals surface area contributed by atoms with E-state index >= 15 is 0 Å². The Morgan fingerprint density at radius 1 is 0.969 bits per heavy atom. The third-order valence-electron chi connectivity index (χ3n) is 5.02. The lowest BCUT2D eigenvalue weighted by atomic mass is 10.00. The Morgan fingerprint density at radius 2 is 1.59 bits per heavy atom. The fraction of sp³-hybridized carbons (Fsp3) is 0.458. The summed E-state index contributed by atoms with van der Waals surface area (Å²) in [5.41, 5.74) is -0.138. The number of carbonyl (C=O) groups excluding carboxylic acids is 2. The molecule has 0 aliphatic carbocycles. The van der Waals surface area contributed by atoms with Gasteiger partial charge in [-0.05, 0) is 37.1 Å². The number of pyridine rings is 1. The van der Waals surface area contributed by atoms with E-state index in [1.807, 2.05) is 20.8 Å². The maximum absolute atomic E-state index is 12.7. The van der Waals surface area contributed by atoms with Crippen LogP contribution in [0.4, 0.5) is 0 Å². The van der Waals surface area contributed by atoms with Crippen molar-refractivity contribution in [3.05, 3.63) is 42.2 Å². The number of aromatic hydroxyl groups is 1. The van der Waals surface area contributed by atoms with Crippen LogP contribution in [0, 0.1) is 11.8 Å². The molecule has 0 amide bonds. The Bertz CT molecular complexity index is 911. The molecule has 0 bridgehead atoms. The Morgan fingerprint density at radius 3 is 2.16 bits per heavy atom. The highest BCUT2D eigenvalue weighted by molar-refractivity contribution is 5.99. The van der Waals surface area contributed by atoms with Gasteiger partial charge in [-0.3, -0.25) is 9.59 Å². The molecule has 0 fully saturated rings. The van der Waals surface area contributed by atoms with E-state index in [2.05, 4.69) is 4.98 Å². The van der Waals surface area contributed by atoms with Crippen molar-refractivity contribution in [3.63, 3.8) is 0 Å². The molecule has 32 heavy (non-hydrogen) atoms. The second-order valence-electron chi connectivity index (χ2n) is 7.88. The summed E-state index contributed by atoms with van der Waals surface area (Å²) in [6, 6.07) is 8.58. The summed E-state index contributed by atoms with van der Waals surface area (Å²) in [6.45, 7) is 7.29. The minimum atomic E-state index is -0.732. The monoisotopic (exact) mass is 445 g/mol. The molecule has 2 aromatic rings. The topological polar surface area (TPSA) is 104 Å². The van der Waals surface area contributed by atoms with E-state index in [1.165, 1.54) is 19.4 Å². The van der Waals surface area contributed by atoms with E-state index in [9.17, 15) is 14.7 Å². The van der Waals surface area contributed by atoms with Gasteiger partial charge >= 0.3 is 5.97 Å². The van der Waals surface area contributed by atoms with Crippen molar-refractivity contribution < 1.29 is 33.6 Å². The van der Waals surface area contributed by atoms with Crippen LogP contribution in [-0.4, -0.2) is 48.3 Å². The quantitative estimate of drug-likeness (QED) is 0.408. The molecule has 0 unspecified atom stereocenters. The maximum Gasteiger partial charge on any atom is 0.309 e. The highest BCUT2D eigenvalue weighted by atomic mass is 16.6. The number of hydrogen-bond donors (Lipinski definition) is 1. The number of nitrogens with zero attached hydrogens (tertiary/aromatic N) is 1. The second-order valence-corrected chi connectivity index (χ2v) is 7.88.